The number of sulfonamides is 1. The number of benzene rings is 1. The normalized spacial score (nSPS) is 17.7. The maximum Gasteiger partial charge on any atom is 0.215 e. The molecule has 3 aromatic rings. The Labute approximate surface area is 145 Å². The summed E-state index contributed by atoms with van der Waals surface area (Å²) in [5.74, 6) is 0.645. The fourth-order valence-corrected chi connectivity index (χ4v) is 4.92. The quantitative estimate of drug-likeness (QED) is 0.757. The van der Waals surface area contributed by atoms with Gasteiger partial charge in [-0.05, 0) is 35.2 Å². The maximum absolute atomic E-state index is 12.8. The van der Waals surface area contributed by atoms with Gasteiger partial charge in [-0.1, -0.05) is 19.1 Å². The number of oxazole rings is 1. The van der Waals surface area contributed by atoms with Crippen molar-refractivity contribution in [1.29, 1.82) is 0 Å². The van der Waals surface area contributed by atoms with Crippen LogP contribution >= 0.6 is 0 Å². The summed E-state index contributed by atoms with van der Waals surface area (Å²) in [6.07, 6.45) is 5.17. The lowest BCUT2D eigenvalue weighted by atomic mass is 10.00. The Bertz CT molecular complexity index is 966. The number of nitrogens with zero attached hydrogens (tertiary/aromatic N) is 3. The molecule has 25 heavy (non-hydrogen) atoms. The Morgan fingerprint density at radius 1 is 1.36 bits per heavy atom. The minimum Gasteiger partial charge on any atom is -0.446 e. The fraction of sp³-hybridized carbons (Fsp3) is 0.294. The lowest BCUT2D eigenvalue weighted by Gasteiger charge is -2.22. The molecule has 0 fully saturated rings. The molecule has 2 aromatic heterocycles. The Hall–Kier alpha value is -2.45. The minimum atomic E-state index is -3.39. The molecule has 0 saturated carbocycles. The van der Waals surface area contributed by atoms with Gasteiger partial charge in [-0.25, -0.2) is 13.4 Å². The average Bonchev–Trinajstić information content (AvgIpc) is 3.33. The van der Waals surface area contributed by atoms with Gasteiger partial charge < -0.3 is 4.42 Å². The molecule has 1 aromatic carbocycles. The molecule has 1 aliphatic heterocycles. The topological polar surface area (TPSA) is 92.1 Å². The van der Waals surface area contributed by atoms with Crippen molar-refractivity contribution in [3.05, 3.63) is 59.9 Å². The van der Waals surface area contributed by atoms with Crippen molar-refractivity contribution in [1.82, 2.24) is 19.5 Å². The van der Waals surface area contributed by atoms with E-state index in [0.29, 0.717) is 18.7 Å². The van der Waals surface area contributed by atoms with Gasteiger partial charge in [0.25, 0.3) is 0 Å². The molecule has 7 nitrogen and oxygen atoms in total. The highest BCUT2D eigenvalue weighted by Gasteiger charge is 2.40. The van der Waals surface area contributed by atoms with Crippen molar-refractivity contribution >= 4 is 10.0 Å². The van der Waals surface area contributed by atoms with Gasteiger partial charge in [0.1, 0.15) is 11.8 Å². The predicted molar refractivity (Wildman–Crippen MR) is 92.0 cm³/mol. The molecule has 130 valence electrons. The molecule has 1 atom stereocenters. The van der Waals surface area contributed by atoms with E-state index in [2.05, 4.69) is 15.2 Å². The second kappa shape index (κ2) is 6.12. The van der Waals surface area contributed by atoms with E-state index in [1.54, 1.807) is 12.4 Å². The zero-order valence-electron chi connectivity index (χ0n) is 13.7. The molecular weight excluding hydrogens is 340 g/mol. The van der Waals surface area contributed by atoms with Gasteiger partial charge in [0.15, 0.2) is 6.39 Å². The highest BCUT2D eigenvalue weighted by Crippen LogP contribution is 2.41. The third-order valence-electron chi connectivity index (χ3n) is 4.40. The van der Waals surface area contributed by atoms with Crippen molar-refractivity contribution in [3.63, 3.8) is 0 Å². The van der Waals surface area contributed by atoms with Crippen LogP contribution in [0.4, 0.5) is 0 Å². The van der Waals surface area contributed by atoms with Gasteiger partial charge in [0, 0.05) is 12.7 Å². The molecular formula is C17H18N4O3S. The van der Waals surface area contributed by atoms with Crippen molar-refractivity contribution in [2.24, 2.45) is 0 Å². The van der Waals surface area contributed by atoms with Crippen molar-refractivity contribution < 1.29 is 12.8 Å². The van der Waals surface area contributed by atoms with Crippen LogP contribution in [0.3, 0.4) is 0 Å². The molecule has 0 aliphatic carbocycles. The molecule has 0 saturated heterocycles. The second-order valence-corrected chi connectivity index (χ2v) is 8.09. The number of nitrogens with one attached hydrogen (secondary N) is 1. The van der Waals surface area contributed by atoms with Gasteiger partial charge in [-0.2, -0.15) is 9.40 Å². The molecule has 0 bridgehead atoms. The number of hydrogen-bond acceptors (Lipinski definition) is 5. The average molecular weight is 358 g/mol. The summed E-state index contributed by atoms with van der Waals surface area (Å²) in [5.41, 5.74) is 3.77. The number of fused-ring (bicyclic) bond motifs is 1. The molecule has 0 radical (unpaired) electrons. The van der Waals surface area contributed by atoms with E-state index in [0.717, 1.165) is 22.4 Å². The van der Waals surface area contributed by atoms with E-state index >= 15 is 0 Å². The first-order chi connectivity index (χ1) is 12.1. The number of aromatic nitrogens is 3. The molecule has 0 spiro atoms. The van der Waals surface area contributed by atoms with E-state index in [4.69, 9.17) is 4.42 Å². The van der Waals surface area contributed by atoms with Crippen LogP contribution in [-0.4, -0.2) is 33.7 Å². The van der Waals surface area contributed by atoms with E-state index in [1.165, 1.54) is 10.7 Å². The Balaban J connectivity index is 1.80. The predicted octanol–water partition coefficient (Wildman–Crippen LogP) is 2.71. The van der Waals surface area contributed by atoms with Gasteiger partial charge in [0.05, 0.1) is 17.6 Å². The standard InChI is InChI=1S/C17H18N4O3S/c1-2-7-25(22,23)21-10-13-8-12(15-5-6-19-20-15)3-4-14(13)17(21)16-9-18-11-24-16/h3-6,8-9,11,17H,2,7,10H2,1H3,(H,19,20). The first-order valence-electron chi connectivity index (χ1n) is 8.10. The van der Waals surface area contributed by atoms with Crippen LogP contribution in [0.2, 0.25) is 0 Å². The summed E-state index contributed by atoms with van der Waals surface area (Å²) in [6, 6.07) is 7.35. The summed E-state index contributed by atoms with van der Waals surface area (Å²) in [5, 5.41) is 6.91. The number of rotatable bonds is 5. The first kappa shape index (κ1) is 16.0. The molecule has 3 heterocycles. The largest absolute Gasteiger partial charge is 0.446 e. The van der Waals surface area contributed by atoms with Gasteiger partial charge in [0.2, 0.25) is 10.0 Å². The minimum absolute atomic E-state index is 0.110. The summed E-state index contributed by atoms with van der Waals surface area (Å²) in [7, 11) is -3.39. The molecule has 1 unspecified atom stereocenters. The number of hydrogen-bond donors (Lipinski definition) is 1. The molecule has 8 heteroatoms. The molecule has 0 amide bonds. The Morgan fingerprint density at radius 3 is 2.92 bits per heavy atom. The summed E-state index contributed by atoms with van der Waals surface area (Å²) in [4.78, 5) is 3.96. The van der Waals surface area contributed by atoms with Crippen LogP contribution in [0.25, 0.3) is 11.3 Å². The number of aromatic amines is 1. The van der Waals surface area contributed by atoms with E-state index < -0.39 is 16.1 Å². The Morgan fingerprint density at radius 2 is 2.24 bits per heavy atom. The zero-order valence-corrected chi connectivity index (χ0v) is 14.5. The summed E-state index contributed by atoms with van der Waals surface area (Å²) < 4.78 is 32.5. The third-order valence-corrected chi connectivity index (χ3v) is 6.38. The smallest absolute Gasteiger partial charge is 0.215 e. The highest BCUT2D eigenvalue weighted by atomic mass is 32.2. The van der Waals surface area contributed by atoms with Crippen molar-refractivity contribution in [2.45, 2.75) is 25.9 Å². The maximum atomic E-state index is 12.8. The second-order valence-electron chi connectivity index (χ2n) is 6.05. The van der Waals surface area contributed by atoms with E-state index in [-0.39, 0.29) is 5.75 Å². The lowest BCUT2D eigenvalue weighted by molar-refractivity contribution is 0.339. The van der Waals surface area contributed by atoms with Crippen LogP contribution < -0.4 is 0 Å². The van der Waals surface area contributed by atoms with Crippen LogP contribution in [0, 0.1) is 0 Å². The van der Waals surface area contributed by atoms with Gasteiger partial charge >= 0.3 is 0 Å². The van der Waals surface area contributed by atoms with Crippen LogP contribution in [-0.2, 0) is 16.6 Å². The zero-order chi connectivity index (χ0) is 17.4. The van der Waals surface area contributed by atoms with Crippen LogP contribution in [0.1, 0.15) is 36.3 Å². The van der Waals surface area contributed by atoms with E-state index in [9.17, 15) is 8.42 Å². The number of H-pyrrole nitrogens is 1. The summed E-state index contributed by atoms with van der Waals surface area (Å²) in [6.45, 7) is 2.19. The molecule has 1 aliphatic rings. The molecule has 1 N–H and O–H groups in total. The van der Waals surface area contributed by atoms with Crippen LogP contribution in [0.5, 0.6) is 0 Å². The SMILES string of the molecule is CCCS(=O)(=O)N1Cc2cc(-c3ccn[nH]3)ccc2C1c1cnco1. The fourth-order valence-electron chi connectivity index (χ4n) is 3.30. The van der Waals surface area contributed by atoms with Gasteiger partial charge in [-0.3, -0.25) is 5.10 Å². The Kier molecular flexibility index (Phi) is 3.93. The van der Waals surface area contributed by atoms with Gasteiger partial charge in [-0.15, -0.1) is 0 Å². The lowest BCUT2D eigenvalue weighted by Crippen LogP contribution is -2.32. The van der Waals surface area contributed by atoms with Crippen LogP contribution in [0.15, 0.2) is 47.5 Å². The highest BCUT2D eigenvalue weighted by molar-refractivity contribution is 7.89. The third kappa shape index (κ3) is 2.77. The van der Waals surface area contributed by atoms with Crippen molar-refractivity contribution in [2.75, 3.05) is 5.75 Å². The van der Waals surface area contributed by atoms with E-state index in [1.807, 2.05) is 31.2 Å². The summed E-state index contributed by atoms with van der Waals surface area (Å²) >= 11 is 0. The monoisotopic (exact) mass is 358 g/mol. The first-order valence-corrected chi connectivity index (χ1v) is 9.71. The molecule has 4 rings (SSSR count). The van der Waals surface area contributed by atoms with Crippen molar-refractivity contribution in [3.8, 4) is 11.3 Å².